The summed E-state index contributed by atoms with van der Waals surface area (Å²) in [6, 6.07) is 5.97. The molecule has 2 aromatic rings. The van der Waals surface area contributed by atoms with E-state index in [0.29, 0.717) is 6.61 Å². The predicted molar refractivity (Wildman–Crippen MR) is 49.7 cm³/mol. The topological polar surface area (TPSA) is 53.1 Å². The second-order valence-electron chi connectivity index (χ2n) is 2.93. The molecular weight excluding hydrogens is 166 g/mol. The standard InChI is InChI=1S/C9H11N3O/c1-12-9-7(5-11-12)3-2-4-8(9)6-13-10/h2-5H,6,10H2,1H3. The highest BCUT2D eigenvalue weighted by molar-refractivity contribution is 5.81. The number of aromatic nitrogens is 2. The van der Waals surface area contributed by atoms with Crippen LogP contribution in [0.15, 0.2) is 24.4 Å². The molecule has 0 atom stereocenters. The van der Waals surface area contributed by atoms with Gasteiger partial charge in [-0.05, 0) is 0 Å². The summed E-state index contributed by atoms with van der Waals surface area (Å²) in [6.45, 7) is 0.414. The van der Waals surface area contributed by atoms with Crippen molar-refractivity contribution in [2.75, 3.05) is 0 Å². The van der Waals surface area contributed by atoms with Crippen molar-refractivity contribution in [3.63, 3.8) is 0 Å². The van der Waals surface area contributed by atoms with Gasteiger partial charge in [-0.2, -0.15) is 5.10 Å². The molecule has 0 radical (unpaired) electrons. The van der Waals surface area contributed by atoms with Gasteiger partial charge < -0.3 is 0 Å². The highest BCUT2D eigenvalue weighted by Crippen LogP contribution is 2.17. The number of hydrogen-bond donors (Lipinski definition) is 1. The van der Waals surface area contributed by atoms with E-state index in [1.54, 1.807) is 0 Å². The van der Waals surface area contributed by atoms with Crippen LogP contribution in [0.25, 0.3) is 10.9 Å². The first kappa shape index (κ1) is 8.22. The van der Waals surface area contributed by atoms with Crippen molar-refractivity contribution in [2.45, 2.75) is 6.61 Å². The van der Waals surface area contributed by atoms with Crippen molar-refractivity contribution in [1.29, 1.82) is 0 Å². The predicted octanol–water partition coefficient (Wildman–Crippen LogP) is 0.964. The number of nitrogens with zero attached hydrogens (tertiary/aromatic N) is 2. The Bertz CT molecular complexity index is 422. The average Bonchev–Trinajstić information content (AvgIpc) is 2.50. The quantitative estimate of drug-likeness (QED) is 0.695. The molecule has 1 aromatic heterocycles. The van der Waals surface area contributed by atoms with Crippen molar-refractivity contribution >= 4 is 10.9 Å². The summed E-state index contributed by atoms with van der Waals surface area (Å²) in [5.41, 5.74) is 2.13. The van der Waals surface area contributed by atoms with Crippen LogP contribution in [0.2, 0.25) is 0 Å². The maximum atomic E-state index is 5.04. The first-order chi connectivity index (χ1) is 6.33. The lowest BCUT2D eigenvalue weighted by Crippen LogP contribution is -2.01. The van der Waals surface area contributed by atoms with Crippen LogP contribution in [0, 0.1) is 0 Å². The maximum absolute atomic E-state index is 5.04. The molecule has 0 aliphatic carbocycles. The minimum Gasteiger partial charge on any atom is -0.300 e. The Morgan fingerprint density at radius 1 is 1.54 bits per heavy atom. The van der Waals surface area contributed by atoms with E-state index in [0.717, 1.165) is 16.5 Å². The number of aryl methyl sites for hydroxylation is 1. The van der Waals surface area contributed by atoms with Crippen LogP contribution >= 0.6 is 0 Å². The van der Waals surface area contributed by atoms with E-state index >= 15 is 0 Å². The third-order valence-corrected chi connectivity index (χ3v) is 2.08. The Morgan fingerprint density at radius 2 is 2.38 bits per heavy atom. The zero-order valence-electron chi connectivity index (χ0n) is 7.40. The van der Waals surface area contributed by atoms with Crippen LogP contribution in [-0.2, 0) is 18.5 Å². The van der Waals surface area contributed by atoms with Gasteiger partial charge in [-0.15, -0.1) is 0 Å². The zero-order chi connectivity index (χ0) is 9.26. The van der Waals surface area contributed by atoms with E-state index in [9.17, 15) is 0 Å². The van der Waals surface area contributed by atoms with Gasteiger partial charge in [0, 0.05) is 18.0 Å². The van der Waals surface area contributed by atoms with Gasteiger partial charge in [-0.3, -0.25) is 9.52 Å². The first-order valence-electron chi connectivity index (χ1n) is 4.04. The summed E-state index contributed by atoms with van der Waals surface area (Å²) in [7, 11) is 1.91. The van der Waals surface area contributed by atoms with Crippen molar-refractivity contribution in [1.82, 2.24) is 9.78 Å². The number of rotatable bonds is 2. The summed E-state index contributed by atoms with van der Waals surface area (Å²) in [4.78, 5) is 4.62. The molecule has 4 heteroatoms. The van der Waals surface area contributed by atoms with Crippen LogP contribution in [0.4, 0.5) is 0 Å². The molecule has 1 heterocycles. The molecule has 1 aromatic carbocycles. The molecule has 0 aliphatic rings. The van der Waals surface area contributed by atoms with Gasteiger partial charge in [0.05, 0.1) is 18.3 Å². The fourth-order valence-corrected chi connectivity index (χ4v) is 1.52. The Hall–Kier alpha value is -1.39. The normalized spacial score (nSPS) is 10.9. The molecule has 0 fully saturated rings. The van der Waals surface area contributed by atoms with Crippen molar-refractivity contribution in [3.8, 4) is 0 Å². The lowest BCUT2D eigenvalue weighted by molar-refractivity contribution is 0.125. The highest BCUT2D eigenvalue weighted by Gasteiger charge is 2.04. The largest absolute Gasteiger partial charge is 0.300 e. The molecule has 4 nitrogen and oxygen atoms in total. The van der Waals surface area contributed by atoms with Crippen LogP contribution in [-0.4, -0.2) is 9.78 Å². The highest BCUT2D eigenvalue weighted by atomic mass is 16.6. The number of nitrogens with two attached hydrogens (primary N) is 1. The first-order valence-corrected chi connectivity index (χ1v) is 4.04. The molecular formula is C9H11N3O. The SMILES string of the molecule is Cn1ncc2cccc(CON)c21. The van der Waals surface area contributed by atoms with E-state index in [1.807, 2.05) is 36.1 Å². The van der Waals surface area contributed by atoms with Crippen LogP contribution < -0.4 is 5.90 Å². The lowest BCUT2D eigenvalue weighted by Gasteiger charge is -2.02. The molecule has 0 unspecified atom stereocenters. The summed E-state index contributed by atoms with van der Waals surface area (Å²) < 4.78 is 1.82. The minimum absolute atomic E-state index is 0.414. The lowest BCUT2D eigenvalue weighted by atomic mass is 10.1. The van der Waals surface area contributed by atoms with Crippen LogP contribution in [0.1, 0.15) is 5.56 Å². The van der Waals surface area contributed by atoms with E-state index in [1.165, 1.54) is 0 Å². The Balaban J connectivity index is 2.65. The fourth-order valence-electron chi connectivity index (χ4n) is 1.52. The molecule has 0 saturated heterocycles. The van der Waals surface area contributed by atoms with E-state index in [4.69, 9.17) is 5.90 Å². The van der Waals surface area contributed by atoms with Gasteiger partial charge in [0.15, 0.2) is 0 Å². The van der Waals surface area contributed by atoms with Gasteiger partial charge in [-0.25, -0.2) is 5.90 Å². The summed E-state index contributed by atoms with van der Waals surface area (Å²) >= 11 is 0. The second kappa shape index (κ2) is 3.16. The van der Waals surface area contributed by atoms with E-state index < -0.39 is 0 Å². The third kappa shape index (κ3) is 1.30. The number of benzene rings is 1. The molecule has 13 heavy (non-hydrogen) atoms. The fraction of sp³-hybridized carbons (Fsp3) is 0.222. The maximum Gasteiger partial charge on any atom is 0.0950 e. The Labute approximate surface area is 75.9 Å². The summed E-state index contributed by atoms with van der Waals surface area (Å²) in [5.74, 6) is 5.04. The number of para-hydroxylation sites is 1. The van der Waals surface area contributed by atoms with Crippen molar-refractivity contribution in [3.05, 3.63) is 30.0 Å². The monoisotopic (exact) mass is 177 g/mol. The smallest absolute Gasteiger partial charge is 0.0950 e. The van der Waals surface area contributed by atoms with Gasteiger partial charge in [0.2, 0.25) is 0 Å². The molecule has 2 rings (SSSR count). The second-order valence-corrected chi connectivity index (χ2v) is 2.93. The zero-order valence-corrected chi connectivity index (χ0v) is 7.40. The molecule has 0 spiro atoms. The van der Waals surface area contributed by atoms with Gasteiger partial charge in [0.25, 0.3) is 0 Å². The molecule has 68 valence electrons. The average molecular weight is 177 g/mol. The van der Waals surface area contributed by atoms with Crippen LogP contribution in [0.5, 0.6) is 0 Å². The van der Waals surface area contributed by atoms with Gasteiger partial charge in [-0.1, -0.05) is 18.2 Å². The number of hydrogen-bond acceptors (Lipinski definition) is 3. The summed E-state index contributed by atoms with van der Waals surface area (Å²) in [6.07, 6.45) is 1.83. The van der Waals surface area contributed by atoms with E-state index in [-0.39, 0.29) is 0 Å². The molecule has 0 amide bonds. The number of fused-ring (bicyclic) bond motifs is 1. The molecule has 0 aliphatic heterocycles. The van der Waals surface area contributed by atoms with Gasteiger partial charge in [0.1, 0.15) is 0 Å². The van der Waals surface area contributed by atoms with Crippen LogP contribution in [0.3, 0.4) is 0 Å². The Kier molecular flexibility index (Phi) is 2.00. The molecule has 0 bridgehead atoms. The molecule has 2 N–H and O–H groups in total. The van der Waals surface area contributed by atoms with Crippen molar-refractivity contribution in [2.24, 2.45) is 12.9 Å². The van der Waals surface area contributed by atoms with E-state index in [2.05, 4.69) is 9.94 Å². The molecule has 0 saturated carbocycles. The minimum atomic E-state index is 0.414. The van der Waals surface area contributed by atoms with Gasteiger partial charge >= 0.3 is 0 Å². The summed E-state index contributed by atoms with van der Waals surface area (Å²) in [5, 5.41) is 5.27. The third-order valence-electron chi connectivity index (χ3n) is 2.08. The van der Waals surface area contributed by atoms with Crippen molar-refractivity contribution < 1.29 is 4.84 Å². The Morgan fingerprint density at radius 3 is 3.15 bits per heavy atom.